The van der Waals surface area contributed by atoms with Crippen molar-refractivity contribution in [2.75, 3.05) is 7.11 Å². The summed E-state index contributed by atoms with van der Waals surface area (Å²) in [6.45, 7) is 3.99. The normalized spacial score (nSPS) is 12.8. The zero-order valence-corrected chi connectivity index (χ0v) is 16.9. The molecule has 3 rings (SSSR count). The predicted octanol–water partition coefficient (Wildman–Crippen LogP) is 4.17. The summed E-state index contributed by atoms with van der Waals surface area (Å²) in [5.74, 6) is 1.01. The molecule has 1 aromatic heterocycles. The number of methoxy groups -OCH3 is 1. The number of rotatable bonds is 8. The Bertz CT molecular complexity index is 1010. The Morgan fingerprint density at radius 2 is 1.87 bits per heavy atom. The highest BCUT2D eigenvalue weighted by Gasteiger charge is 2.27. The lowest BCUT2D eigenvalue weighted by Gasteiger charge is -2.20. The highest BCUT2D eigenvalue weighted by atomic mass is 16.6. The molecule has 2 aromatic carbocycles. The first-order valence-corrected chi connectivity index (χ1v) is 9.46. The SMILES string of the molecule is CC[C@@H](C)[C@H](NC(=O)c1ccc(OC)cc1)c1nc(-c2ccc([N+](=O)[O-])cc2)no1. The van der Waals surface area contributed by atoms with Crippen LogP contribution in [0.4, 0.5) is 5.69 Å². The second-order valence-electron chi connectivity index (χ2n) is 6.83. The summed E-state index contributed by atoms with van der Waals surface area (Å²) < 4.78 is 10.5. The summed E-state index contributed by atoms with van der Waals surface area (Å²) in [6.07, 6.45) is 0.781. The van der Waals surface area contributed by atoms with Gasteiger partial charge in [0.05, 0.1) is 12.0 Å². The zero-order valence-electron chi connectivity index (χ0n) is 16.9. The van der Waals surface area contributed by atoms with Gasteiger partial charge in [0.2, 0.25) is 11.7 Å². The van der Waals surface area contributed by atoms with Crippen LogP contribution in [0, 0.1) is 16.0 Å². The average Bonchev–Trinajstić information content (AvgIpc) is 3.26. The van der Waals surface area contributed by atoms with Gasteiger partial charge in [-0.3, -0.25) is 14.9 Å². The molecular formula is C21H22N4O5. The lowest BCUT2D eigenvalue weighted by Crippen LogP contribution is -2.32. The molecule has 1 amide bonds. The number of hydrogen-bond acceptors (Lipinski definition) is 7. The Morgan fingerprint density at radius 1 is 1.20 bits per heavy atom. The molecule has 0 bridgehead atoms. The van der Waals surface area contributed by atoms with Gasteiger partial charge < -0.3 is 14.6 Å². The molecule has 3 aromatic rings. The number of benzene rings is 2. The van der Waals surface area contributed by atoms with Gasteiger partial charge >= 0.3 is 0 Å². The van der Waals surface area contributed by atoms with Crippen molar-refractivity contribution in [1.29, 1.82) is 0 Å². The van der Waals surface area contributed by atoms with Crippen molar-refractivity contribution in [2.24, 2.45) is 5.92 Å². The highest BCUT2D eigenvalue weighted by Crippen LogP contribution is 2.27. The Balaban J connectivity index is 1.81. The molecule has 0 saturated heterocycles. The van der Waals surface area contributed by atoms with Gasteiger partial charge in [-0.25, -0.2) is 0 Å². The van der Waals surface area contributed by atoms with Gasteiger partial charge in [-0.1, -0.05) is 25.4 Å². The van der Waals surface area contributed by atoms with E-state index in [0.29, 0.717) is 22.7 Å². The van der Waals surface area contributed by atoms with Crippen LogP contribution >= 0.6 is 0 Å². The van der Waals surface area contributed by atoms with E-state index < -0.39 is 11.0 Å². The third kappa shape index (κ3) is 4.62. The van der Waals surface area contributed by atoms with Gasteiger partial charge in [-0.05, 0) is 42.3 Å². The number of ether oxygens (including phenoxy) is 1. The van der Waals surface area contributed by atoms with Gasteiger partial charge in [0, 0.05) is 23.3 Å². The molecule has 0 radical (unpaired) electrons. The van der Waals surface area contributed by atoms with Crippen molar-refractivity contribution in [1.82, 2.24) is 15.5 Å². The molecule has 1 heterocycles. The first-order valence-electron chi connectivity index (χ1n) is 9.46. The number of aromatic nitrogens is 2. The highest BCUT2D eigenvalue weighted by molar-refractivity contribution is 5.94. The van der Waals surface area contributed by atoms with Crippen LogP contribution in [-0.4, -0.2) is 28.1 Å². The summed E-state index contributed by atoms with van der Waals surface area (Å²) in [5, 5.41) is 17.8. The standard InChI is InChI=1S/C21H22N4O5/c1-4-13(2)18(22-20(26)15-7-11-17(29-3)12-8-15)21-23-19(24-30-21)14-5-9-16(10-6-14)25(27)28/h5-13,18H,4H2,1-3H3,(H,22,26)/t13-,18+/m1/s1. The summed E-state index contributed by atoms with van der Waals surface area (Å²) in [7, 11) is 1.56. The van der Waals surface area contributed by atoms with E-state index in [-0.39, 0.29) is 23.4 Å². The maximum Gasteiger partial charge on any atom is 0.269 e. The monoisotopic (exact) mass is 410 g/mol. The number of non-ortho nitro benzene ring substituents is 1. The Kier molecular flexibility index (Phi) is 6.41. The van der Waals surface area contributed by atoms with Crippen molar-refractivity contribution >= 4 is 11.6 Å². The minimum Gasteiger partial charge on any atom is -0.497 e. The first-order chi connectivity index (χ1) is 14.4. The molecule has 30 heavy (non-hydrogen) atoms. The van der Waals surface area contributed by atoms with Gasteiger partial charge in [0.25, 0.3) is 11.6 Å². The van der Waals surface area contributed by atoms with Crippen LogP contribution in [0.3, 0.4) is 0 Å². The maximum absolute atomic E-state index is 12.7. The van der Waals surface area contributed by atoms with Crippen LogP contribution in [0.5, 0.6) is 5.75 Å². The molecule has 9 heteroatoms. The second-order valence-corrected chi connectivity index (χ2v) is 6.83. The van der Waals surface area contributed by atoms with Crippen molar-refractivity contribution < 1.29 is 19.0 Å². The smallest absolute Gasteiger partial charge is 0.269 e. The van der Waals surface area contributed by atoms with Crippen molar-refractivity contribution in [2.45, 2.75) is 26.3 Å². The van der Waals surface area contributed by atoms with Gasteiger partial charge in [0.15, 0.2) is 0 Å². The number of nitro benzene ring substituents is 1. The fourth-order valence-corrected chi connectivity index (χ4v) is 2.86. The minimum absolute atomic E-state index is 0.0216. The molecule has 0 aliphatic rings. The zero-order chi connectivity index (χ0) is 21.7. The van der Waals surface area contributed by atoms with E-state index in [1.165, 1.54) is 12.1 Å². The van der Waals surface area contributed by atoms with Crippen LogP contribution in [0.15, 0.2) is 53.1 Å². The predicted molar refractivity (Wildman–Crippen MR) is 109 cm³/mol. The lowest BCUT2D eigenvalue weighted by atomic mass is 9.98. The summed E-state index contributed by atoms with van der Waals surface area (Å²) in [5.41, 5.74) is 1.05. The number of nitrogens with one attached hydrogen (secondary N) is 1. The lowest BCUT2D eigenvalue weighted by molar-refractivity contribution is -0.384. The van der Waals surface area contributed by atoms with Crippen molar-refractivity contribution in [3.05, 3.63) is 70.1 Å². The van der Waals surface area contributed by atoms with Gasteiger partial charge in [0.1, 0.15) is 11.8 Å². The Hall–Kier alpha value is -3.75. The van der Waals surface area contributed by atoms with E-state index in [4.69, 9.17) is 9.26 Å². The van der Waals surface area contributed by atoms with E-state index in [1.54, 1.807) is 43.5 Å². The number of nitrogens with zero attached hydrogens (tertiary/aromatic N) is 3. The number of nitro groups is 1. The van der Waals surface area contributed by atoms with Crippen LogP contribution in [0.1, 0.15) is 42.6 Å². The second kappa shape index (κ2) is 9.17. The van der Waals surface area contributed by atoms with Crippen LogP contribution in [0.25, 0.3) is 11.4 Å². The molecule has 1 N–H and O–H groups in total. The van der Waals surface area contributed by atoms with Gasteiger partial charge in [-0.2, -0.15) is 4.98 Å². The molecule has 156 valence electrons. The summed E-state index contributed by atoms with van der Waals surface area (Å²) >= 11 is 0. The van der Waals surface area contributed by atoms with Crippen LogP contribution in [0.2, 0.25) is 0 Å². The van der Waals surface area contributed by atoms with E-state index in [1.807, 2.05) is 13.8 Å². The molecule has 0 aliphatic heterocycles. The molecule has 0 spiro atoms. The number of carbonyl (C=O) groups is 1. The third-order valence-corrected chi connectivity index (χ3v) is 4.90. The molecule has 9 nitrogen and oxygen atoms in total. The number of carbonyl (C=O) groups excluding carboxylic acids is 1. The molecule has 0 saturated carbocycles. The topological polar surface area (TPSA) is 120 Å². The fourth-order valence-electron chi connectivity index (χ4n) is 2.86. The first kappa shape index (κ1) is 21.0. The van der Waals surface area contributed by atoms with Gasteiger partial charge in [-0.15, -0.1) is 0 Å². The summed E-state index contributed by atoms with van der Waals surface area (Å²) in [4.78, 5) is 27.5. The molecular weight excluding hydrogens is 388 g/mol. The van der Waals surface area contributed by atoms with E-state index in [0.717, 1.165) is 6.42 Å². The van der Waals surface area contributed by atoms with E-state index in [9.17, 15) is 14.9 Å². The van der Waals surface area contributed by atoms with Crippen molar-refractivity contribution in [3.8, 4) is 17.1 Å². The average molecular weight is 410 g/mol. The Morgan fingerprint density at radius 3 is 2.43 bits per heavy atom. The molecule has 2 atom stereocenters. The largest absolute Gasteiger partial charge is 0.497 e. The maximum atomic E-state index is 12.7. The van der Waals surface area contributed by atoms with Crippen LogP contribution < -0.4 is 10.1 Å². The van der Waals surface area contributed by atoms with E-state index in [2.05, 4.69) is 15.5 Å². The molecule has 0 unspecified atom stereocenters. The third-order valence-electron chi connectivity index (χ3n) is 4.90. The van der Waals surface area contributed by atoms with E-state index >= 15 is 0 Å². The number of amides is 1. The number of hydrogen-bond donors (Lipinski definition) is 1. The fraction of sp³-hybridized carbons (Fsp3) is 0.286. The van der Waals surface area contributed by atoms with Crippen LogP contribution in [-0.2, 0) is 0 Å². The Labute approximate surface area is 173 Å². The molecule has 0 fully saturated rings. The molecule has 0 aliphatic carbocycles. The summed E-state index contributed by atoms with van der Waals surface area (Å²) in [6, 6.07) is 12.2. The van der Waals surface area contributed by atoms with Crippen molar-refractivity contribution in [3.63, 3.8) is 0 Å². The minimum atomic E-state index is -0.482. The quantitative estimate of drug-likeness (QED) is 0.437.